The van der Waals surface area contributed by atoms with E-state index in [-0.39, 0.29) is 22.3 Å². The van der Waals surface area contributed by atoms with Gasteiger partial charge in [-0.05, 0) is 44.7 Å². The van der Waals surface area contributed by atoms with Crippen LogP contribution >= 0.6 is 11.3 Å². The van der Waals surface area contributed by atoms with Crippen molar-refractivity contribution in [1.29, 1.82) is 0 Å². The molecule has 0 radical (unpaired) electrons. The molecule has 5 nitrogen and oxygen atoms in total. The van der Waals surface area contributed by atoms with Crippen LogP contribution in [0.5, 0.6) is 0 Å². The number of ether oxygens (including phenoxy) is 2. The second-order valence-electron chi connectivity index (χ2n) is 7.06. The fourth-order valence-corrected chi connectivity index (χ4v) is 6.47. The topological polar surface area (TPSA) is 65.5 Å². The predicted octanol–water partition coefficient (Wildman–Crippen LogP) is 3.92. The third kappa shape index (κ3) is 3.60. The lowest BCUT2D eigenvalue weighted by Gasteiger charge is -2.38. The van der Waals surface area contributed by atoms with Crippen LogP contribution in [0.15, 0.2) is 28.6 Å². The van der Waals surface area contributed by atoms with Gasteiger partial charge >= 0.3 is 0 Å². The molecule has 2 aliphatic heterocycles. The molecule has 1 aromatic heterocycles. The Morgan fingerprint density at radius 1 is 1.24 bits per heavy atom. The van der Waals surface area contributed by atoms with E-state index in [1.54, 1.807) is 0 Å². The molecule has 2 saturated heterocycles. The van der Waals surface area contributed by atoms with Crippen molar-refractivity contribution in [3.63, 3.8) is 0 Å². The van der Waals surface area contributed by atoms with Crippen LogP contribution in [0.3, 0.4) is 0 Å². The molecule has 4 rings (SSSR count). The van der Waals surface area contributed by atoms with Crippen LogP contribution in [0.1, 0.15) is 45.4 Å². The highest BCUT2D eigenvalue weighted by Gasteiger charge is 2.43. The third-order valence-corrected chi connectivity index (χ3v) is 8.30. The van der Waals surface area contributed by atoms with Gasteiger partial charge in [-0.1, -0.05) is 12.1 Å². The molecule has 3 atom stereocenters. The van der Waals surface area contributed by atoms with Crippen molar-refractivity contribution < 1.29 is 17.9 Å². The fraction of sp³-hybridized carbons (Fsp3) is 0.611. The Kier molecular flexibility index (Phi) is 4.60. The van der Waals surface area contributed by atoms with Gasteiger partial charge in [-0.2, -0.15) is 0 Å². The highest BCUT2D eigenvalue weighted by atomic mass is 32.2. The Hall–Kier alpha value is -1.02. The first-order valence-electron chi connectivity index (χ1n) is 8.90. The Labute approximate surface area is 152 Å². The average Bonchev–Trinajstić information content (AvgIpc) is 3.18. The zero-order valence-corrected chi connectivity index (χ0v) is 15.9. The first-order valence-corrected chi connectivity index (χ1v) is 11.4. The van der Waals surface area contributed by atoms with E-state index in [1.165, 1.54) is 11.3 Å². The summed E-state index contributed by atoms with van der Waals surface area (Å²) in [6, 6.07) is 7.52. The quantitative estimate of drug-likeness (QED) is 0.803. The SMILES string of the molecule is C[C@@H]1CC[C@]2(CCC[C@H](CCS(=O)(=O)c3nc4ccccc4s3)O2)O1. The van der Waals surface area contributed by atoms with Gasteiger partial charge in [0, 0.05) is 12.8 Å². The normalized spacial score (nSPS) is 30.3. The largest absolute Gasteiger partial charge is 0.347 e. The monoisotopic (exact) mass is 381 g/mol. The number of aromatic nitrogens is 1. The maximum atomic E-state index is 12.7. The van der Waals surface area contributed by atoms with Crippen LogP contribution in [-0.4, -0.2) is 37.1 Å². The van der Waals surface area contributed by atoms with E-state index in [4.69, 9.17) is 9.47 Å². The second kappa shape index (κ2) is 6.61. The second-order valence-corrected chi connectivity index (χ2v) is 10.4. The van der Waals surface area contributed by atoms with Crippen LogP contribution < -0.4 is 0 Å². The van der Waals surface area contributed by atoms with Gasteiger partial charge in [0.25, 0.3) is 0 Å². The summed E-state index contributed by atoms with van der Waals surface area (Å²) in [5.41, 5.74) is 0.743. The van der Waals surface area contributed by atoms with Crippen molar-refractivity contribution >= 4 is 31.4 Å². The minimum Gasteiger partial charge on any atom is -0.347 e. The van der Waals surface area contributed by atoms with Gasteiger partial charge in [-0.15, -0.1) is 11.3 Å². The molecule has 1 aromatic carbocycles. The summed E-state index contributed by atoms with van der Waals surface area (Å²) in [4.78, 5) is 4.29. The highest BCUT2D eigenvalue weighted by Crippen LogP contribution is 2.41. The molecule has 2 aliphatic rings. The summed E-state index contributed by atoms with van der Waals surface area (Å²) in [6.07, 6.45) is 5.43. The number of fused-ring (bicyclic) bond motifs is 1. The van der Waals surface area contributed by atoms with E-state index < -0.39 is 15.6 Å². The number of benzene rings is 1. The lowest BCUT2D eigenvalue weighted by molar-refractivity contribution is -0.268. The standard InChI is InChI=1S/C18H23NO4S2/c1-13-8-11-18(22-13)10-4-5-14(23-18)9-12-25(20,21)17-19-15-6-2-3-7-16(15)24-17/h2-3,6-7,13-14H,4-5,8-12H2,1H3/t13-,14-,18-/m1/s1. The van der Waals surface area contributed by atoms with E-state index in [0.29, 0.717) is 6.42 Å². The van der Waals surface area contributed by atoms with E-state index in [1.807, 2.05) is 24.3 Å². The summed E-state index contributed by atoms with van der Waals surface area (Å²) in [5, 5.41) is 0. The van der Waals surface area contributed by atoms with E-state index in [9.17, 15) is 8.42 Å². The van der Waals surface area contributed by atoms with E-state index in [0.717, 1.165) is 42.3 Å². The number of hydrogen-bond donors (Lipinski definition) is 0. The van der Waals surface area contributed by atoms with Gasteiger partial charge in [0.2, 0.25) is 14.2 Å². The van der Waals surface area contributed by atoms with Crippen molar-refractivity contribution in [2.75, 3.05) is 5.75 Å². The van der Waals surface area contributed by atoms with Crippen LogP contribution in [0, 0.1) is 0 Å². The molecule has 2 aromatic rings. The summed E-state index contributed by atoms with van der Waals surface area (Å²) < 4.78 is 38.6. The molecule has 7 heteroatoms. The molecular formula is C18H23NO4S2. The van der Waals surface area contributed by atoms with Crippen molar-refractivity contribution in [3.05, 3.63) is 24.3 Å². The van der Waals surface area contributed by atoms with Crippen LogP contribution in [0.4, 0.5) is 0 Å². The average molecular weight is 382 g/mol. The van der Waals surface area contributed by atoms with Gasteiger partial charge in [-0.25, -0.2) is 13.4 Å². The van der Waals surface area contributed by atoms with Crippen LogP contribution in [0.25, 0.3) is 10.2 Å². The number of para-hydroxylation sites is 1. The number of sulfone groups is 1. The first kappa shape index (κ1) is 17.4. The lowest BCUT2D eigenvalue weighted by atomic mass is 9.97. The lowest BCUT2D eigenvalue weighted by Crippen LogP contribution is -2.41. The molecule has 3 heterocycles. The van der Waals surface area contributed by atoms with Crippen molar-refractivity contribution in [3.8, 4) is 0 Å². The molecule has 0 saturated carbocycles. The highest BCUT2D eigenvalue weighted by molar-refractivity contribution is 7.93. The number of rotatable bonds is 4. The number of thiazole rings is 1. The molecule has 25 heavy (non-hydrogen) atoms. The van der Waals surface area contributed by atoms with Gasteiger partial charge in [0.15, 0.2) is 5.79 Å². The Bertz CT molecular complexity index is 826. The van der Waals surface area contributed by atoms with Crippen molar-refractivity contribution in [1.82, 2.24) is 4.98 Å². The molecular weight excluding hydrogens is 358 g/mol. The minimum absolute atomic E-state index is 0.0526. The van der Waals surface area contributed by atoms with Gasteiger partial charge < -0.3 is 9.47 Å². The van der Waals surface area contributed by atoms with Gasteiger partial charge in [0.05, 0.1) is 28.2 Å². The molecule has 2 fully saturated rings. The van der Waals surface area contributed by atoms with E-state index in [2.05, 4.69) is 11.9 Å². The molecule has 136 valence electrons. The maximum Gasteiger partial charge on any atom is 0.210 e. The summed E-state index contributed by atoms with van der Waals surface area (Å²) in [6.45, 7) is 2.07. The summed E-state index contributed by atoms with van der Waals surface area (Å²) in [5.74, 6) is -0.398. The predicted molar refractivity (Wildman–Crippen MR) is 97.5 cm³/mol. The first-order chi connectivity index (χ1) is 12.0. The number of nitrogens with zero attached hydrogens (tertiary/aromatic N) is 1. The molecule has 0 amide bonds. The smallest absolute Gasteiger partial charge is 0.210 e. The molecule has 0 N–H and O–H groups in total. The zero-order valence-electron chi connectivity index (χ0n) is 14.3. The van der Waals surface area contributed by atoms with Crippen LogP contribution in [0.2, 0.25) is 0 Å². The van der Waals surface area contributed by atoms with Gasteiger partial charge in [-0.3, -0.25) is 0 Å². The maximum absolute atomic E-state index is 12.7. The minimum atomic E-state index is -3.38. The Morgan fingerprint density at radius 3 is 2.84 bits per heavy atom. The fourth-order valence-electron chi connectivity index (χ4n) is 3.76. The van der Waals surface area contributed by atoms with Crippen molar-refractivity contribution in [2.45, 2.75) is 67.8 Å². The zero-order chi connectivity index (χ0) is 17.5. The molecule has 0 unspecified atom stereocenters. The van der Waals surface area contributed by atoms with E-state index >= 15 is 0 Å². The molecule has 1 spiro atoms. The molecule has 0 aliphatic carbocycles. The van der Waals surface area contributed by atoms with Crippen molar-refractivity contribution in [2.24, 2.45) is 0 Å². The van der Waals surface area contributed by atoms with Gasteiger partial charge in [0.1, 0.15) is 0 Å². The third-order valence-electron chi connectivity index (χ3n) is 5.06. The molecule has 0 bridgehead atoms. The Balaban J connectivity index is 1.43. The summed E-state index contributed by atoms with van der Waals surface area (Å²) in [7, 11) is -3.38. The van der Waals surface area contributed by atoms with Crippen LogP contribution in [-0.2, 0) is 19.3 Å². The number of hydrogen-bond acceptors (Lipinski definition) is 6. The Morgan fingerprint density at radius 2 is 2.08 bits per heavy atom. The summed E-state index contributed by atoms with van der Waals surface area (Å²) >= 11 is 1.25.